The lowest BCUT2D eigenvalue weighted by Gasteiger charge is -2.10. The van der Waals surface area contributed by atoms with Crippen molar-refractivity contribution in [3.05, 3.63) is 72.3 Å². The van der Waals surface area contributed by atoms with Crippen LogP contribution in [0.1, 0.15) is 12.5 Å². The molecule has 8 nitrogen and oxygen atoms in total. The number of hydrogen-bond acceptors (Lipinski definition) is 7. The molecule has 2 aromatic heterocycles. The fourth-order valence-electron chi connectivity index (χ4n) is 4.26. The second kappa shape index (κ2) is 10.9. The quantitative estimate of drug-likeness (QED) is 0.262. The summed E-state index contributed by atoms with van der Waals surface area (Å²) in [7, 11) is 3.45. The molecule has 0 aliphatic carbocycles. The van der Waals surface area contributed by atoms with E-state index in [0.29, 0.717) is 53.9 Å². The number of aromatic nitrogens is 4. The topological polar surface area (TPSA) is 87.2 Å². The third-order valence-electron chi connectivity index (χ3n) is 6.05. The third-order valence-corrected chi connectivity index (χ3v) is 6.05. The number of rotatable bonds is 10. The monoisotopic (exact) mass is 501 g/mol. The van der Waals surface area contributed by atoms with Gasteiger partial charge in [0.25, 0.3) is 0 Å². The van der Waals surface area contributed by atoms with Crippen LogP contribution in [0.2, 0.25) is 0 Å². The molecule has 0 radical (unpaired) electrons. The number of hydrogen-bond donors (Lipinski definition) is 1. The van der Waals surface area contributed by atoms with Gasteiger partial charge in [0.05, 0.1) is 13.7 Å². The van der Waals surface area contributed by atoms with Gasteiger partial charge in [-0.3, -0.25) is 0 Å². The van der Waals surface area contributed by atoms with Gasteiger partial charge in [-0.25, -0.2) is 9.37 Å². The van der Waals surface area contributed by atoms with E-state index in [4.69, 9.17) is 18.9 Å². The molecule has 0 unspecified atom stereocenters. The molecule has 2 heterocycles. The number of benzene rings is 3. The zero-order valence-corrected chi connectivity index (χ0v) is 21.0. The van der Waals surface area contributed by atoms with Crippen LogP contribution in [-0.2, 0) is 18.3 Å². The second-order valence-electron chi connectivity index (χ2n) is 8.58. The normalized spacial score (nSPS) is 11.4. The molecule has 5 aromatic rings. The van der Waals surface area contributed by atoms with Crippen molar-refractivity contribution >= 4 is 11.1 Å². The Morgan fingerprint density at radius 3 is 2.70 bits per heavy atom. The number of ether oxygens (including phenoxy) is 2. The number of nitrogens with zero attached hydrogens (tertiary/aromatic N) is 4. The van der Waals surface area contributed by atoms with Crippen LogP contribution in [0.5, 0.6) is 5.75 Å². The number of methoxy groups -OCH3 is 1. The molecule has 190 valence electrons. The summed E-state index contributed by atoms with van der Waals surface area (Å²) >= 11 is 0. The van der Waals surface area contributed by atoms with Crippen molar-refractivity contribution in [1.29, 1.82) is 0 Å². The molecule has 0 saturated carbocycles. The van der Waals surface area contributed by atoms with Gasteiger partial charge in [-0.2, -0.15) is 0 Å². The maximum Gasteiger partial charge on any atom is 0.227 e. The molecule has 0 spiro atoms. The van der Waals surface area contributed by atoms with Crippen LogP contribution in [0.4, 0.5) is 4.39 Å². The molecule has 0 aliphatic rings. The summed E-state index contributed by atoms with van der Waals surface area (Å²) in [5, 5.41) is 11.5. The minimum Gasteiger partial charge on any atom is -0.493 e. The maximum atomic E-state index is 14.2. The van der Waals surface area contributed by atoms with Crippen LogP contribution in [0.3, 0.4) is 0 Å². The summed E-state index contributed by atoms with van der Waals surface area (Å²) < 4.78 is 33.1. The van der Waals surface area contributed by atoms with E-state index in [1.165, 1.54) is 12.1 Å². The van der Waals surface area contributed by atoms with Crippen molar-refractivity contribution in [3.8, 4) is 39.7 Å². The molecular weight excluding hydrogens is 473 g/mol. The Bertz CT molecular complexity index is 1530. The first kappa shape index (κ1) is 24.6. The predicted octanol–water partition coefficient (Wildman–Crippen LogP) is 5.23. The minimum absolute atomic E-state index is 0.341. The van der Waals surface area contributed by atoms with Crippen molar-refractivity contribution in [2.45, 2.75) is 13.5 Å². The van der Waals surface area contributed by atoms with E-state index in [1.807, 2.05) is 50.4 Å². The van der Waals surface area contributed by atoms with Crippen LogP contribution in [0.15, 0.2) is 65.3 Å². The van der Waals surface area contributed by atoms with Gasteiger partial charge < -0.3 is 23.8 Å². The second-order valence-corrected chi connectivity index (χ2v) is 8.58. The van der Waals surface area contributed by atoms with Gasteiger partial charge in [0.2, 0.25) is 5.89 Å². The number of fused-ring (bicyclic) bond motifs is 1. The van der Waals surface area contributed by atoms with Gasteiger partial charge >= 0.3 is 0 Å². The highest BCUT2D eigenvalue weighted by Gasteiger charge is 2.17. The lowest BCUT2D eigenvalue weighted by atomic mass is 9.97. The summed E-state index contributed by atoms with van der Waals surface area (Å²) in [6.07, 6.45) is 1.59. The molecule has 0 fully saturated rings. The largest absolute Gasteiger partial charge is 0.493 e. The van der Waals surface area contributed by atoms with E-state index in [9.17, 15) is 4.39 Å². The van der Waals surface area contributed by atoms with Crippen LogP contribution < -0.4 is 10.1 Å². The first-order valence-electron chi connectivity index (χ1n) is 12.1. The highest BCUT2D eigenvalue weighted by atomic mass is 19.1. The van der Waals surface area contributed by atoms with Crippen molar-refractivity contribution in [2.75, 3.05) is 26.9 Å². The molecule has 37 heavy (non-hydrogen) atoms. The summed E-state index contributed by atoms with van der Waals surface area (Å²) in [6, 6.07) is 16.4. The Kier molecular flexibility index (Phi) is 7.25. The molecule has 0 atom stereocenters. The average Bonchev–Trinajstić information content (AvgIpc) is 3.54. The van der Waals surface area contributed by atoms with Crippen LogP contribution in [-0.4, -0.2) is 46.6 Å². The number of aryl methyl sites for hydroxylation is 1. The van der Waals surface area contributed by atoms with Crippen LogP contribution in [0.25, 0.3) is 45.1 Å². The Morgan fingerprint density at radius 2 is 1.92 bits per heavy atom. The third kappa shape index (κ3) is 5.23. The molecule has 0 saturated heterocycles. The average molecular weight is 502 g/mol. The molecule has 5 rings (SSSR count). The molecule has 0 aliphatic heterocycles. The summed E-state index contributed by atoms with van der Waals surface area (Å²) in [5.74, 6) is 1.33. The van der Waals surface area contributed by atoms with E-state index < -0.39 is 0 Å². The summed E-state index contributed by atoms with van der Waals surface area (Å²) in [6.45, 7) is 4.75. The Balaban J connectivity index is 1.49. The van der Waals surface area contributed by atoms with Gasteiger partial charge in [0.15, 0.2) is 17.2 Å². The van der Waals surface area contributed by atoms with Crippen molar-refractivity contribution < 1.29 is 18.3 Å². The predicted molar refractivity (Wildman–Crippen MR) is 140 cm³/mol. The standard InChI is InChI=1S/C28H28FN5O3/c1-4-36-11-10-30-16-18-12-24-26(25(13-18)35-3)37-28(32-24)20-7-5-6-19(14-20)22-9-8-21(29)15-23(22)27-33-31-17-34(27)2/h5-9,12-15,17,30H,4,10-11,16H2,1-3H3. The summed E-state index contributed by atoms with van der Waals surface area (Å²) in [4.78, 5) is 4.76. The van der Waals surface area contributed by atoms with Gasteiger partial charge in [0, 0.05) is 37.9 Å². The van der Waals surface area contributed by atoms with E-state index in [2.05, 4.69) is 15.5 Å². The zero-order valence-electron chi connectivity index (χ0n) is 21.0. The van der Waals surface area contributed by atoms with E-state index in [1.54, 1.807) is 24.1 Å². The van der Waals surface area contributed by atoms with E-state index >= 15 is 0 Å². The van der Waals surface area contributed by atoms with Gasteiger partial charge in [0.1, 0.15) is 17.7 Å². The molecular formula is C28H28FN5O3. The zero-order chi connectivity index (χ0) is 25.8. The van der Waals surface area contributed by atoms with Gasteiger partial charge in [-0.1, -0.05) is 18.2 Å². The number of halogens is 1. The number of nitrogens with one attached hydrogen (secondary N) is 1. The van der Waals surface area contributed by atoms with Gasteiger partial charge in [-0.15, -0.1) is 10.2 Å². The van der Waals surface area contributed by atoms with E-state index in [-0.39, 0.29) is 5.82 Å². The summed E-state index contributed by atoms with van der Waals surface area (Å²) in [5.41, 5.74) is 5.48. The highest BCUT2D eigenvalue weighted by Crippen LogP contribution is 2.36. The Morgan fingerprint density at radius 1 is 1.05 bits per heavy atom. The molecule has 3 aromatic carbocycles. The first-order chi connectivity index (χ1) is 18.1. The smallest absolute Gasteiger partial charge is 0.227 e. The van der Waals surface area contributed by atoms with Crippen LogP contribution >= 0.6 is 0 Å². The molecule has 9 heteroatoms. The highest BCUT2D eigenvalue weighted by molar-refractivity contribution is 5.85. The first-order valence-corrected chi connectivity index (χ1v) is 12.1. The van der Waals surface area contributed by atoms with Crippen LogP contribution in [0, 0.1) is 5.82 Å². The van der Waals surface area contributed by atoms with E-state index in [0.717, 1.165) is 28.8 Å². The van der Waals surface area contributed by atoms with Crippen molar-refractivity contribution in [3.63, 3.8) is 0 Å². The molecule has 1 N–H and O–H groups in total. The fourth-order valence-corrected chi connectivity index (χ4v) is 4.26. The lowest BCUT2D eigenvalue weighted by Crippen LogP contribution is -2.19. The molecule has 0 amide bonds. The maximum absolute atomic E-state index is 14.2. The fraction of sp³-hybridized carbons (Fsp3) is 0.250. The Hall–Kier alpha value is -4.08. The lowest BCUT2D eigenvalue weighted by molar-refractivity contribution is 0.149. The van der Waals surface area contributed by atoms with Crippen molar-refractivity contribution in [1.82, 2.24) is 25.1 Å². The molecule has 0 bridgehead atoms. The minimum atomic E-state index is -0.341. The number of oxazole rings is 1. The SMILES string of the molecule is CCOCCNCc1cc(OC)c2oc(-c3cccc(-c4ccc(F)cc4-c4nncn4C)c3)nc2c1. The Labute approximate surface area is 214 Å². The van der Waals surface area contributed by atoms with Gasteiger partial charge in [-0.05, 0) is 60.0 Å². The van der Waals surface area contributed by atoms with Crippen molar-refractivity contribution in [2.24, 2.45) is 7.05 Å².